The van der Waals surface area contributed by atoms with Crippen molar-refractivity contribution in [2.24, 2.45) is 5.92 Å². The SMILES string of the molecule is O=C([C@@H]1CC(=O)N(c2ccc(Cl)cc2)C1)N1CCN(c2ccccc2F)CC1. The molecule has 2 aromatic rings. The molecule has 2 aliphatic heterocycles. The third kappa shape index (κ3) is 3.69. The van der Waals surface area contributed by atoms with Crippen LogP contribution in [-0.4, -0.2) is 49.4 Å². The molecular formula is C21H21ClFN3O2. The van der Waals surface area contributed by atoms with E-state index in [1.807, 2.05) is 11.0 Å². The topological polar surface area (TPSA) is 43.9 Å². The van der Waals surface area contributed by atoms with Crippen molar-refractivity contribution in [3.05, 3.63) is 59.4 Å². The fourth-order valence-electron chi connectivity index (χ4n) is 3.88. The summed E-state index contributed by atoms with van der Waals surface area (Å²) in [6.45, 7) is 2.59. The second-order valence-corrected chi connectivity index (χ2v) is 7.58. The monoisotopic (exact) mass is 401 g/mol. The number of para-hydroxylation sites is 1. The number of nitrogens with zero attached hydrogens (tertiary/aromatic N) is 3. The predicted molar refractivity (Wildman–Crippen MR) is 107 cm³/mol. The van der Waals surface area contributed by atoms with Crippen molar-refractivity contribution < 1.29 is 14.0 Å². The Morgan fingerprint density at radius 1 is 1.00 bits per heavy atom. The molecule has 2 saturated heterocycles. The van der Waals surface area contributed by atoms with Crippen molar-refractivity contribution in [2.75, 3.05) is 42.5 Å². The van der Waals surface area contributed by atoms with Gasteiger partial charge in [0.1, 0.15) is 5.82 Å². The summed E-state index contributed by atoms with van der Waals surface area (Å²) >= 11 is 5.91. The summed E-state index contributed by atoms with van der Waals surface area (Å²) in [4.78, 5) is 30.7. The van der Waals surface area contributed by atoms with E-state index in [1.165, 1.54) is 6.07 Å². The number of anilines is 2. The zero-order valence-electron chi connectivity index (χ0n) is 15.4. The molecule has 0 saturated carbocycles. The Bertz CT molecular complexity index is 881. The minimum atomic E-state index is -0.344. The fraction of sp³-hybridized carbons (Fsp3) is 0.333. The van der Waals surface area contributed by atoms with E-state index in [2.05, 4.69) is 0 Å². The van der Waals surface area contributed by atoms with Gasteiger partial charge in [0, 0.05) is 49.9 Å². The van der Waals surface area contributed by atoms with Crippen LogP contribution in [0, 0.1) is 11.7 Å². The lowest BCUT2D eigenvalue weighted by atomic mass is 10.1. The molecule has 5 nitrogen and oxygen atoms in total. The van der Waals surface area contributed by atoms with Gasteiger partial charge in [-0.3, -0.25) is 9.59 Å². The summed E-state index contributed by atoms with van der Waals surface area (Å²) in [5.41, 5.74) is 1.33. The van der Waals surface area contributed by atoms with E-state index in [9.17, 15) is 14.0 Å². The molecule has 0 bridgehead atoms. The van der Waals surface area contributed by atoms with Gasteiger partial charge in [0.2, 0.25) is 11.8 Å². The standard InChI is InChI=1S/C21H21ClFN3O2/c22-16-5-7-17(8-6-16)26-14-15(13-20(26)27)21(28)25-11-9-24(10-12-25)19-4-2-1-3-18(19)23/h1-8,15H,9-14H2/t15-/m1/s1. The van der Waals surface area contributed by atoms with Crippen LogP contribution in [0.2, 0.25) is 5.02 Å². The van der Waals surface area contributed by atoms with Gasteiger partial charge in [-0.05, 0) is 36.4 Å². The number of benzene rings is 2. The van der Waals surface area contributed by atoms with Crippen molar-refractivity contribution in [3.63, 3.8) is 0 Å². The summed E-state index contributed by atoms with van der Waals surface area (Å²) in [5, 5.41) is 0.607. The molecule has 7 heteroatoms. The van der Waals surface area contributed by atoms with E-state index in [0.29, 0.717) is 43.4 Å². The first kappa shape index (κ1) is 18.7. The molecule has 2 heterocycles. The first-order chi connectivity index (χ1) is 13.5. The highest BCUT2D eigenvalue weighted by Crippen LogP contribution is 2.28. The third-order valence-electron chi connectivity index (χ3n) is 5.40. The second kappa shape index (κ2) is 7.80. The lowest BCUT2D eigenvalue weighted by Crippen LogP contribution is -2.51. The second-order valence-electron chi connectivity index (χ2n) is 7.15. The van der Waals surface area contributed by atoms with Gasteiger partial charge < -0.3 is 14.7 Å². The van der Waals surface area contributed by atoms with Gasteiger partial charge in [0.05, 0.1) is 11.6 Å². The van der Waals surface area contributed by atoms with Gasteiger partial charge in [0.25, 0.3) is 0 Å². The summed E-state index contributed by atoms with van der Waals surface area (Å²) in [5.74, 6) is -0.644. The minimum absolute atomic E-state index is 0.00185. The van der Waals surface area contributed by atoms with Gasteiger partial charge in [0.15, 0.2) is 0 Å². The average molecular weight is 402 g/mol. The zero-order chi connectivity index (χ0) is 19.7. The molecule has 146 valence electrons. The Morgan fingerprint density at radius 2 is 1.68 bits per heavy atom. The smallest absolute Gasteiger partial charge is 0.228 e. The molecule has 28 heavy (non-hydrogen) atoms. The van der Waals surface area contributed by atoms with E-state index in [4.69, 9.17) is 11.6 Å². The number of hydrogen-bond donors (Lipinski definition) is 0. The normalized spacial score (nSPS) is 20.0. The molecule has 0 aromatic heterocycles. The van der Waals surface area contributed by atoms with Gasteiger partial charge in [-0.2, -0.15) is 0 Å². The van der Waals surface area contributed by atoms with Crippen LogP contribution in [0.5, 0.6) is 0 Å². The number of hydrogen-bond acceptors (Lipinski definition) is 3. The zero-order valence-corrected chi connectivity index (χ0v) is 16.1. The number of carbonyl (C=O) groups is 2. The summed E-state index contributed by atoms with van der Waals surface area (Å²) in [6.07, 6.45) is 0.217. The van der Waals surface area contributed by atoms with Crippen LogP contribution in [0.3, 0.4) is 0 Å². The molecule has 0 N–H and O–H groups in total. The van der Waals surface area contributed by atoms with Gasteiger partial charge in [-0.15, -0.1) is 0 Å². The maximum Gasteiger partial charge on any atom is 0.228 e. The van der Waals surface area contributed by atoms with Crippen molar-refractivity contribution in [3.8, 4) is 0 Å². The largest absolute Gasteiger partial charge is 0.366 e. The van der Waals surface area contributed by atoms with E-state index in [0.717, 1.165) is 5.69 Å². The van der Waals surface area contributed by atoms with Crippen molar-refractivity contribution in [1.82, 2.24) is 4.90 Å². The first-order valence-electron chi connectivity index (χ1n) is 9.37. The number of halogens is 2. The fourth-order valence-corrected chi connectivity index (χ4v) is 4.00. The molecule has 0 spiro atoms. The summed E-state index contributed by atoms with van der Waals surface area (Å²) in [7, 11) is 0. The Morgan fingerprint density at radius 3 is 2.36 bits per heavy atom. The highest BCUT2D eigenvalue weighted by Gasteiger charge is 2.38. The van der Waals surface area contributed by atoms with Crippen molar-refractivity contribution in [2.45, 2.75) is 6.42 Å². The molecule has 0 unspecified atom stereocenters. The van der Waals surface area contributed by atoms with E-state index in [-0.39, 0.29) is 30.0 Å². The van der Waals surface area contributed by atoms with E-state index >= 15 is 0 Å². The summed E-state index contributed by atoms with van der Waals surface area (Å²) in [6, 6.07) is 13.7. The van der Waals surface area contributed by atoms with Crippen LogP contribution in [0.15, 0.2) is 48.5 Å². The average Bonchev–Trinajstić information content (AvgIpc) is 3.10. The van der Waals surface area contributed by atoms with Gasteiger partial charge in [-0.1, -0.05) is 23.7 Å². The Hall–Kier alpha value is -2.60. The predicted octanol–water partition coefficient (Wildman–Crippen LogP) is 3.18. The van der Waals surface area contributed by atoms with Crippen LogP contribution in [0.1, 0.15) is 6.42 Å². The highest BCUT2D eigenvalue weighted by atomic mass is 35.5. The number of piperazine rings is 1. The lowest BCUT2D eigenvalue weighted by Gasteiger charge is -2.37. The summed E-state index contributed by atoms with van der Waals surface area (Å²) < 4.78 is 14.0. The molecular weight excluding hydrogens is 381 g/mol. The maximum atomic E-state index is 14.0. The maximum absolute atomic E-state index is 14.0. The Labute approximate surface area is 168 Å². The first-order valence-corrected chi connectivity index (χ1v) is 9.75. The number of rotatable bonds is 3. The third-order valence-corrected chi connectivity index (χ3v) is 5.65. The quantitative estimate of drug-likeness (QED) is 0.793. The van der Waals surface area contributed by atoms with Crippen LogP contribution < -0.4 is 9.80 Å². The Kier molecular flexibility index (Phi) is 5.22. The van der Waals surface area contributed by atoms with E-state index < -0.39 is 0 Å². The van der Waals surface area contributed by atoms with Crippen molar-refractivity contribution >= 4 is 34.8 Å². The molecule has 0 aliphatic carbocycles. The molecule has 4 rings (SSSR count). The molecule has 2 aromatic carbocycles. The van der Waals surface area contributed by atoms with Crippen LogP contribution in [0.25, 0.3) is 0 Å². The molecule has 2 aliphatic rings. The van der Waals surface area contributed by atoms with E-state index in [1.54, 1.807) is 46.2 Å². The van der Waals surface area contributed by atoms with Crippen molar-refractivity contribution in [1.29, 1.82) is 0 Å². The molecule has 1 atom stereocenters. The van der Waals surface area contributed by atoms with Crippen LogP contribution in [0.4, 0.5) is 15.8 Å². The molecule has 0 radical (unpaired) electrons. The lowest BCUT2D eigenvalue weighted by molar-refractivity contribution is -0.136. The van der Waals surface area contributed by atoms with Crippen LogP contribution >= 0.6 is 11.6 Å². The number of carbonyl (C=O) groups excluding carboxylic acids is 2. The van der Waals surface area contributed by atoms with Crippen LogP contribution in [-0.2, 0) is 9.59 Å². The number of amides is 2. The minimum Gasteiger partial charge on any atom is -0.366 e. The van der Waals surface area contributed by atoms with Gasteiger partial charge >= 0.3 is 0 Å². The molecule has 2 amide bonds. The molecule has 2 fully saturated rings. The highest BCUT2D eigenvalue weighted by molar-refractivity contribution is 6.30. The Balaban J connectivity index is 1.37. The van der Waals surface area contributed by atoms with Gasteiger partial charge in [-0.25, -0.2) is 4.39 Å².